The minimum atomic E-state index is 0.875. The third-order valence-electron chi connectivity index (χ3n) is 10.0. The third kappa shape index (κ3) is 4.90. The topological polar surface area (TPSA) is 17.4 Å². The van der Waals surface area contributed by atoms with Crippen LogP contribution in [0.2, 0.25) is 0 Å². The molecule has 1 aromatic heterocycles. The Hall–Kier alpha value is -6.84. The van der Waals surface area contributed by atoms with E-state index < -0.39 is 0 Å². The average molecular weight is 653 g/mol. The first kappa shape index (κ1) is 29.1. The molecule has 0 saturated carbocycles. The Kier molecular flexibility index (Phi) is 6.81. The summed E-state index contributed by atoms with van der Waals surface area (Å²) in [5, 5.41) is 2.42. The van der Waals surface area contributed by atoms with Crippen molar-refractivity contribution in [3.05, 3.63) is 194 Å². The van der Waals surface area contributed by atoms with Crippen LogP contribution in [0.25, 0.3) is 60.9 Å². The van der Waals surface area contributed by atoms with Crippen LogP contribution in [0, 0.1) is 0 Å². The van der Waals surface area contributed by atoms with Gasteiger partial charge in [-0.15, -0.1) is 0 Å². The lowest BCUT2D eigenvalue weighted by molar-refractivity contribution is 0.476. The van der Waals surface area contributed by atoms with E-state index >= 15 is 0 Å². The molecule has 0 N–H and O–H groups in total. The first-order valence-electron chi connectivity index (χ1n) is 17.4. The number of rotatable bonds is 6. The van der Waals surface area contributed by atoms with E-state index in [0.29, 0.717) is 0 Å². The largest absolute Gasteiger partial charge is 0.453 e. The summed E-state index contributed by atoms with van der Waals surface area (Å²) >= 11 is 0. The molecule has 9 aromatic rings. The van der Waals surface area contributed by atoms with Gasteiger partial charge in [-0.05, 0) is 100 Å². The zero-order valence-electron chi connectivity index (χ0n) is 27.8. The molecule has 2 heterocycles. The predicted molar refractivity (Wildman–Crippen MR) is 212 cm³/mol. The number of hydrogen-bond acceptors (Lipinski definition) is 2. The molecule has 0 spiro atoms. The highest BCUT2D eigenvalue weighted by molar-refractivity contribution is 6.18. The van der Waals surface area contributed by atoms with Gasteiger partial charge in [0.15, 0.2) is 11.5 Å². The van der Waals surface area contributed by atoms with Crippen LogP contribution in [0.15, 0.2) is 194 Å². The Morgan fingerprint density at radius 3 is 1.57 bits per heavy atom. The van der Waals surface area contributed by atoms with E-state index in [1.807, 2.05) is 12.1 Å². The summed E-state index contributed by atoms with van der Waals surface area (Å²) in [6.07, 6.45) is 0. The van der Waals surface area contributed by atoms with Gasteiger partial charge in [0.05, 0.1) is 16.7 Å². The standard InChI is InChI=1S/C48H32N2O/c1-3-11-33(12-4-1)34-19-21-35(22-20-34)36-23-27-39(28-24-36)49(38-13-5-2-6-14-38)40-29-25-37(26-30-40)41-31-32-46-48-47(41)42-15-7-8-16-43(42)50(48)44-17-9-10-18-45(44)51-46/h1-32H. The highest BCUT2D eigenvalue weighted by Crippen LogP contribution is 2.48. The van der Waals surface area contributed by atoms with Crippen molar-refractivity contribution in [3.8, 4) is 50.6 Å². The van der Waals surface area contributed by atoms with Crippen LogP contribution in [0.4, 0.5) is 17.1 Å². The van der Waals surface area contributed by atoms with Crippen LogP contribution in [0.1, 0.15) is 0 Å². The first-order valence-corrected chi connectivity index (χ1v) is 17.4. The molecular formula is C48H32N2O. The lowest BCUT2D eigenvalue weighted by atomic mass is 9.98. The molecule has 0 amide bonds. The van der Waals surface area contributed by atoms with Gasteiger partial charge in [-0.25, -0.2) is 0 Å². The lowest BCUT2D eigenvalue weighted by Gasteiger charge is -2.26. The maximum absolute atomic E-state index is 6.45. The molecular weight excluding hydrogens is 621 g/mol. The molecule has 0 fully saturated rings. The van der Waals surface area contributed by atoms with Crippen molar-refractivity contribution in [1.29, 1.82) is 0 Å². The van der Waals surface area contributed by atoms with Gasteiger partial charge in [0.1, 0.15) is 0 Å². The number of hydrogen-bond donors (Lipinski definition) is 0. The van der Waals surface area contributed by atoms with Crippen LogP contribution in [-0.2, 0) is 0 Å². The second-order valence-electron chi connectivity index (χ2n) is 13.0. The Balaban J connectivity index is 1.03. The highest BCUT2D eigenvalue weighted by Gasteiger charge is 2.25. The van der Waals surface area contributed by atoms with Gasteiger partial charge < -0.3 is 14.2 Å². The SMILES string of the molecule is c1ccc(-c2ccc(-c3ccc(N(c4ccccc4)c4ccc(-c5ccc6c7c5c5ccccc5n7-c5ccccc5O6)cc4)cc3)cc2)cc1. The van der Waals surface area contributed by atoms with Crippen molar-refractivity contribution < 1.29 is 4.74 Å². The molecule has 3 heteroatoms. The summed E-state index contributed by atoms with van der Waals surface area (Å²) in [4.78, 5) is 2.32. The average Bonchev–Trinajstić information content (AvgIpc) is 3.56. The third-order valence-corrected chi connectivity index (χ3v) is 10.0. The van der Waals surface area contributed by atoms with E-state index in [1.54, 1.807) is 0 Å². The summed E-state index contributed by atoms with van der Waals surface area (Å²) in [6, 6.07) is 69.0. The van der Waals surface area contributed by atoms with E-state index in [2.05, 4.69) is 191 Å². The minimum absolute atomic E-state index is 0.875. The number of aromatic nitrogens is 1. The molecule has 51 heavy (non-hydrogen) atoms. The summed E-state index contributed by atoms with van der Waals surface area (Å²) in [5.41, 5.74) is 13.8. The maximum Gasteiger partial charge on any atom is 0.152 e. The first-order chi connectivity index (χ1) is 25.3. The Morgan fingerprint density at radius 2 is 0.882 bits per heavy atom. The Labute approximate surface area is 296 Å². The number of para-hydroxylation sites is 4. The normalized spacial score (nSPS) is 11.7. The molecule has 0 atom stereocenters. The molecule has 0 radical (unpaired) electrons. The summed E-state index contributed by atoms with van der Waals surface area (Å²) in [6.45, 7) is 0. The molecule has 0 saturated heterocycles. The monoisotopic (exact) mass is 652 g/mol. The van der Waals surface area contributed by atoms with Crippen LogP contribution in [0.5, 0.6) is 11.5 Å². The van der Waals surface area contributed by atoms with Gasteiger partial charge in [0.2, 0.25) is 0 Å². The molecule has 8 aromatic carbocycles. The Morgan fingerprint density at radius 1 is 0.373 bits per heavy atom. The van der Waals surface area contributed by atoms with Crippen molar-refractivity contribution >= 4 is 38.9 Å². The van der Waals surface area contributed by atoms with Gasteiger partial charge in [-0.3, -0.25) is 0 Å². The highest BCUT2D eigenvalue weighted by atomic mass is 16.5. The van der Waals surface area contributed by atoms with E-state index in [4.69, 9.17) is 4.74 Å². The molecule has 10 rings (SSSR count). The summed E-state index contributed by atoms with van der Waals surface area (Å²) < 4.78 is 8.81. The molecule has 240 valence electrons. The molecule has 3 nitrogen and oxygen atoms in total. The van der Waals surface area contributed by atoms with E-state index in [0.717, 1.165) is 45.3 Å². The van der Waals surface area contributed by atoms with Gasteiger partial charge in [-0.1, -0.05) is 127 Å². The van der Waals surface area contributed by atoms with Crippen molar-refractivity contribution in [3.63, 3.8) is 0 Å². The summed E-state index contributed by atoms with van der Waals surface area (Å²) in [5.74, 6) is 1.76. The zero-order valence-corrected chi connectivity index (χ0v) is 27.8. The van der Waals surface area contributed by atoms with E-state index in [-0.39, 0.29) is 0 Å². The van der Waals surface area contributed by atoms with Crippen LogP contribution >= 0.6 is 0 Å². The van der Waals surface area contributed by atoms with Crippen LogP contribution in [0.3, 0.4) is 0 Å². The minimum Gasteiger partial charge on any atom is -0.453 e. The van der Waals surface area contributed by atoms with Gasteiger partial charge in [0, 0.05) is 27.8 Å². The molecule has 0 unspecified atom stereocenters. The van der Waals surface area contributed by atoms with Crippen molar-refractivity contribution in [2.75, 3.05) is 4.90 Å². The fourth-order valence-electron chi connectivity index (χ4n) is 7.59. The second kappa shape index (κ2) is 11.9. The van der Waals surface area contributed by atoms with Gasteiger partial charge in [-0.2, -0.15) is 0 Å². The van der Waals surface area contributed by atoms with Crippen LogP contribution < -0.4 is 9.64 Å². The van der Waals surface area contributed by atoms with Crippen molar-refractivity contribution in [2.45, 2.75) is 0 Å². The zero-order chi connectivity index (χ0) is 33.7. The number of ether oxygens (including phenoxy) is 1. The maximum atomic E-state index is 6.45. The van der Waals surface area contributed by atoms with Gasteiger partial charge in [0.25, 0.3) is 0 Å². The smallest absolute Gasteiger partial charge is 0.152 e. The number of fused-ring (bicyclic) bond motifs is 5. The number of benzene rings is 8. The Bertz CT molecular complexity index is 2680. The molecule has 0 bridgehead atoms. The van der Waals surface area contributed by atoms with Crippen molar-refractivity contribution in [2.24, 2.45) is 0 Å². The predicted octanol–water partition coefficient (Wildman–Crippen LogP) is 13.4. The van der Waals surface area contributed by atoms with Crippen LogP contribution in [-0.4, -0.2) is 4.57 Å². The fraction of sp³-hybridized carbons (Fsp3) is 0. The lowest BCUT2D eigenvalue weighted by Crippen LogP contribution is -2.09. The quantitative estimate of drug-likeness (QED) is 0.178. The van der Waals surface area contributed by atoms with Gasteiger partial charge >= 0.3 is 0 Å². The fourth-order valence-corrected chi connectivity index (χ4v) is 7.59. The van der Waals surface area contributed by atoms with E-state index in [1.165, 1.54) is 44.1 Å². The number of anilines is 3. The summed E-state index contributed by atoms with van der Waals surface area (Å²) in [7, 11) is 0. The second-order valence-corrected chi connectivity index (χ2v) is 13.0. The molecule has 1 aliphatic rings. The van der Waals surface area contributed by atoms with E-state index in [9.17, 15) is 0 Å². The number of nitrogens with zero attached hydrogens (tertiary/aromatic N) is 2. The molecule has 1 aliphatic heterocycles. The van der Waals surface area contributed by atoms with Crippen molar-refractivity contribution in [1.82, 2.24) is 4.57 Å². The molecule has 0 aliphatic carbocycles.